The molecule has 1 N–H and O–H groups in total. The first-order valence-corrected chi connectivity index (χ1v) is 6.26. The Bertz CT molecular complexity index is 603. The van der Waals surface area contributed by atoms with Crippen molar-refractivity contribution < 1.29 is 9.18 Å². The maximum Gasteiger partial charge on any atom is 0.255 e. The van der Waals surface area contributed by atoms with Crippen LogP contribution in [0.15, 0.2) is 46.9 Å². The standard InChI is InChI=1S/C13H8BrClFNO/c14-9-6-5-8(7-11(9)16)13(18)17-12-4-2-1-3-10(12)15/h1-7H,(H,17,18). The summed E-state index contributed by atoms with van der Waals surface area (Å²) in [6, 6.07) is 11.0. The van der Waals surface area contributed by atoms with Gasteiger partial charge in [0.25, 0.3) is 5.91 Å². The molecule has 0 aliphatic rings. The molecule has 0 spiro atoms. The molecule has 1 amide bonds. The van der Waals surface area contributed by atoms with Crippen molar-refractivity contribution in [3.05, 3.63) is 63.3 Å². The number of rotatable bonds is 2. The fourth-order valence-electron chi connectivity index (χ4n) is 1.39. The van der Waals surface area contributed by atoms with Gasteiger partial charge in [-0.1, -0.05) is 23.7 Å². The molecule has 18 heavy (non-hydrogen) atoms. The van der Waals surface area contributed by atoms with Crippen molar-refractivity contribution in [1.82, 2.24) is 0 Å². The summed E-state index contributed by atoms with van der Waals surface area (Å²) in [5.41, 5.74) is 0.725. The summed E-state index contributed by atoms with van der Waals surface area (Å²) in [7, 11) is 0. The molecule has 0 radical (unpaired) electrons. The van der Waals surface area contributed by atoms with E-state index in [2.05, 4.69) is 21.2 Å². The molecule has 0 aliphatic heterocycles. The van der Waals surface area contributed by atoms with E-state index >= 15 is 0 Å². The quantitative estimate of drug-likeness (QED) is 0.864. The lowest BCUT2D eigenvalue weighted by atomic mass is 10.2. The Balaban J connectivity index is 2.22. The Labute approximate surface area is 117 Å². The maximum absolute atomic E-state index is 13.3. The summed E-state index contributed by atoms with van der Waals surface area (Å²) < 4.78 is 13.6. The van der Waals surface area contributed by atoms with Gasteiger partial charge in [-0.25, -0.2) is 4.39 Å². The second-order valence-corrected chi connectivity index (χ2v) is 4.82. The van der Waals surface area contributed by atoms with Crippen molar-refractivity contribution >= 4 is 39.1 Å². The third-order valence-corrected chi connectivity index (χ3v) is 3.28. The van der Waals surface area contributed by atoms with E-state index in [-0.39, 0.29) is 5.56 Å². The molecular formula is C13H8BrClFNO. The van der Waals surface area contributed by atoms with Crippen LogP contribution in [0.2, 0.25) is 5.02 Å². The van der Waals surface area contributed by atoms with E-state index in [1.54, 1.807) is 24.3 Å². The fourth-order valence-corrected chi connectivity index (χ4v) is 1.82. The fraction of sp³-hybridized carbons (Fsp3) is 0. The van der Waals surface area contributed by atoms with Gasteiger partial charge in [-0.2, -0.15) is 0 Å². The Kier molecular flexibility index (Phi) is 3.99. The largest absolute Gasteiger partial charge is 0.321 e. The molecule has 2 nitrogen and oxygen atoms in total. The molecule has 5 heteroatoms. The summed E-state index contributed by atoms with van der Waals surface area (Å²) in [5.74, 6) is -0.892. The van der Waals surface area contributed by atoms with Crippen molar-refractivity contribution in [3.63, 3.8) is 0 Å². The molecule has 2 aromatic rings. The van der Waals surface area contributed by atoms with Gasteiger partial charge in [0.2, 0.25) is 0 Å². The van der Waals surface area contributed by atoms with E-state index in [0.717, 1.165) is 6.07 Å². The second kappa shape index (κ2) is 5.50. The maximum atomic E-state index is 13.3. The zero-order valence-corrected chi connectivity index (χ0v) is 11.4. The molecule has 0 saturated carbocycles. The summed E-state index contributed by atoms with van der Waals surface area (Å²) in [6.07, 6.45) is 0. The average molecular weight is 329 g/mol. The van der Waals surface area contributed by atoms with Gasteiger partial charge in [0, 0.05) is 5.56 Å². The van der Waals surface area contributed by atoms with Crippen LogP contribution in [0.5, 0.6) is 0 Å². The number of benzene rings is 2. The van der Waals surface area contributed by atoms with Gasteiger partial charge in [-0.05, 0) is 46.3 Å². The SMILES string of the molecule is O=C(Nc1ccccc1Cl)c1ccc(Br)c(F)c1. The summed E-state index contributed by atoms with van der Waals surface area (Å²) in [4.78, 5) is 11.9. The molecule has 2 rings (SSSR count). The number of amides is 1. The molecule has 0 aromatic heterocycles. The van der Waals surface area contributed by atoms with Crippen LogP contribution in [0.4, 0.5) is 10.1 Å². The molecule has 0 bridgehead atoms. The number of carbonyl (C=O) groups is 1. The van der Waals surface area contributed by atoms with Gasteiger partial charge >= 0.3 is 0 Å². The minimum Gasteiger partial charge on any atom is -0.321 e. The molecule has 0 atom stereocenters. The monoisotopic (exact) mass is 327 g/mol. The minimum absolute atomic E-state index is 0.232. The first-order chi connectivity index (χ1) is 8.58. The number of anilines is 1. The highest BCUT2D eigenvalue weighted by Crippen LogP contribution is 2.22. The number of para-hydroxylation sites is 1. The summed E-state index contributed by atoms with van der Waals surface area (Å²) in [5, 5.41) is 3.05. The molecule has 0 unspecified atom stereocenters. The van der Waals surface area contributed by atoms with E-state index in [0.29, 0.717) is 15.2 Å². The van der Waals surface area contributed by atoms with Crippen molar-refractivity contribution in [2.75, 3.05) is 5.32 Å². The van der Waals surface area contributed by atoms with Gasteiger partial charge in [0.1, 0.15) is 5.82 Å². The lowest BCUT2D eigenvalue weighted by Gasteiger charge is -2.07. The van der Waals surface area contributed by atoms with Gasteiger partial charge in [0.05, 0.1) is 15.2 Å². The summed E-state index contributed by atoms with van der Waals surface area (Å²) >= 11 is 8.95. The van der Waals surface area contributed by atoms with E-state index in [9.17, 15) is 9.18 Å². The highest BCUT2D eigenvalue weighted by molar-refractivity contribution is 9.10. The van der Waals surface area contributed by atoms with E-state index in [4.69, 9.17) is 11.6 Å². The molecule has 92 valence electrons. The Morgan fingerprint density at radius 2 is 1.94 bits per heavy atom. The van der Waals surface area contributed by atoms with Crippen LogP contribution in [0.1, 0.15) is 10.4 Å². The zero-order chi connectivity index (χ0) is 13.1. The highest BCUT2D eigenvalue weighted by atomic mass is 79.9. The zero-order valence-electron chi connectivity index (χ0n) is 9.08. The Morgan fingerprint density at radius 1 is 1.22 bits per heavy atom. The van der Waals surface area contributed by atoms with Crippen LogP contribution in [0, 0.1) is 5.82 Å². The number of nitrogens with one attached hydrogen (secondary N) is 1. The third kappa shape index (κ3) is 2.89. The Hall–Kier alpha value is -1.39. The number of hydrogen-bond acceptors (Lipinski definition) is 1. The first-order valence-electron chi connectivity index (χ1n) is 5.09. The van der Waals surface area contributed by atoms with Crippen LogP contribution in [-0.2, 0) is 0 Å². The molecule has 0 fully saturated rings. The van der Waals surface area contributed by atoms with Crippen molar-refractivity contribution in [1.29, 1.82) is 0 Å². The predicted molar refractivity (Wildman–Crippen MR) is 73.5 cm³/mol. The molecule has 0 aliphatic carbocycles. The number of hydrogen-bond donors (Lipinski definition) is 1. The molecule has 0 heterocycles. The van der Waals surface area contributed by atoms with Crippen molar-refractivity contribution in [2.45, 2.75) is 0 Å². The molecule has 2 aromatic carbocycles. The lowest BCUT2D eigenvalue weighted by Crippen LogP contribution is -2.12. The van der Waals surface area contributed by atoms with Gasteiger partial charge in [-0.15, -0.1) is 0 Å². The minimum atomic E-state index is -0.484. The predicted octanol–water partition coefficient (Wildman–Crippen LogP) is 4.49. The third-order valence-electron chi connectivity index (χ3n) is 2.30. The van der Waals surface area contributed by atoms with Crippen molar-refractivity contribution in [2.24, 2.45) is 0 Å². The Morgan fingerprint density at radius 3 is 2.61 bits per heavy atom. The van der Waals surface area contributed by atoms with Gasteiger partial charge in [0.15, 0.2) is 0 Å². The summed E-state index contributed by atoms with van der Waals surface area (Å²) in [6.45, 7) is 0. The molecule has 0 saturated heterocycles. The van der Waals surface area contributed by atoms with E-state index in [1.165, 1.54) is 12.1 Å². The van der Waals surface area contributed by atoms with Crippen molar-refractivity contribution in [3.8, 4) is 0 Å². The topological polar surface area (TPSA) is 29.1 Å². The normalized spacial score (nSPS) is 10.2. The smallest absolute Gasteiger partial charge is 0.255 e. The highest BCUT2D eigenvalue weighted by Gasteiger charge is 2.10. The van der Waals surface area contributed by atoms with E-state index in [1.807, 2.05) is 0 Å². The second-order valence-electron chi connectivity index (χ2n) is 3.56. The van der Waals surface area contributed by atoms with E-state index < -0.39 is 11.7 Å². The lowest BCUT2D eigenvalue weighted by molar-refractivity contribution is 0.102. The van der Waals surface area contributed by atoms with Crippen LogP contribution < -0.4 is 5.32 Å². The van der Waals surface area contributed by atoms with Crippen LogP contribution in [0.25, 0.3) is 0 Å². The van der Waals surface area contributed by atoms with Crippen LogP contribution >= 0.6 is 27.5 Å². The van der Waals surface area contributed by atoms with Crippen LogP contribution in [-0.4, -0.2) is 5.91 Å². The number of carbonyl (C=O) groups excluding carboxylic acids is 1. The average Bonchev–Trinajstić information content (AvgIpc) is 2.35. The molecular weight excluding hydrogens is 321 g/mol. The van der Waals surface area contributed by atoms with Gasteiger partial charge in [-0.3, -0.25) is 4.79 Å². The van der Waals surface area contributed by atoms with Gasteiger partial charge < -0.3 is 5.32 Å². The first kappa shape index (κ1) is 13.1. The van der Waals surface area contributed by atoms with Crippen LogP contribution in [0.3, 0.4) is 0 Å². The number of halogens is 3.